The molecule has 0 radical (unpaired) electrons. The van der Waals surface area contributed by atoms with E-state index in [0.29, 0.717) is 35.1 Å². The fraction of sp³-hybridized carbons (Fsp3) is 0.333. The minimum absolute atomic E-state index is 0.0492. The Hall–Kier alpha value is -5.14. The number of pyridine rings is 1. The molecule has 1 saturated carbocycles. The molecule has 1 fully saturated rings. The van der Waals surface area contributed by atoms with E-state index in [1.165, 1.54) is 35.5 Å². The first kappa shape index (κ1) is 30.3. The zero-order valence-electron chi connectivity index (χ0n) is 24.4. The number of carboxylic acids is 1. The molecule has 0 saturated heterocycles. The smallest absolute Gasteiger partial charge is 0.416 e. The van der Waals surface area contributed by atoms with Crippen LogP contribution in [0.2, 0.25) is 0 Å². The van der Waals surface area contributed by atoms with Crippen LogP contribution >= 0.6 is 0 Å². The predicted molar refractivity (Wildman–Crippen MR) is 154 cm³/mol. The topological polar surface area (TPSA) is 153 Å². The van der Waals surface area contributed by atoms with Gasteiger partial charge in [-0.15, -0.1) is 0 Å². The van der Waals surface area contributed by atoms with Crippen LogP contribution in [-0.4, -0.2) is 55.0 Å². The second kappa shape index (κ2) is 11.9. The lowest BCUT2D eigenvalue weighted by atomic mass is 10.1. The molecule has 0 aliphatic heterocycles. The molecule has 44 heavy (non-hydrogen) atoms. The molecule has 14 heteroatoms. The highest BCUT2D eigenvalue weighted by atomic mass is 19.3. The Morgan fingerprint density at radius 3 is 2.59 bits per heavy atom. The van der Waals surface area contributed by atoms with Gasteiger partial charge >= 0.3 is 12.1 Å². The second-order valence-electron chi connectivity index (χ2n) is 11.4. The largest absolute Gasteiger partial charge is 0.478 e. The molecule has 1 aliphatic carbocycles. The minimum Gasteiger partial charge on any atom is -0.478 e. The number of hydrogen-bond donors (Lipinski definition) is 2. The number of halogens is 2. The van der Waals surface area contributed by atoms with Crippen LogP contribution < -0.4 is 10.2 Å². The fourth-order valence-corrected chi connectivity index (χ4v) is 4.34. The van der Waals surface area contributed by atoms with Gasteiger partial charge in [-0.2, -0.15) is 5.10 Å². The maximum absolute atomic E-state index is 13.8. The van der Waals surface area contributed by atoms with Gasteiger partial charge in [0.2, 0.25) is 5.89 Å². The van der Waals surface area contributed by atoms with E-state index in [-0.39, 0.29) is 22.8 Å². The van der Waals surface area contributed by atoms with Gasteiger partial charge in [0.1, 0.15) is 17.7 Å². The van der Waals surface area contributed by atoms with E-state index in [1.54, 1.807) is 39.8 Å². The number of oxazole rings is 1. The zero-order chi connectivity index (χ0) is 31.8. The summed E-state index contributed by atoms with van der Waals surface area (Å²) >= 11 is 0. The second-order valence-corrected chi connectivity index (χ2v) is 11.4. The Morgan fingerprint density at radius 1 is 1.20 bits per heavy atom. The Morgan fingerprint density at radius 2 is 1.95 bits per heavy atom. The van der Waals surface area contributed by atoms with Crippen molar-refractivity contribution in [2.24, 2.45) is 5.92 Å². The van der Waals surface area contributed by atoms with Gasteiger partial charge < -0.3 is 19.6 Å². The summed E-state index contributed by atoms with van der Waals surface area (Å²) in [5.41, 5.74) is -0.597. The summed E-state index contributed by atoms with van der Waals surface area (Å²) in [6.07, 6.45) is 2.21. The van der Waals surface area contributed by atoms with E-state index in [1.807, 2.05) is 0 Å². The molecule has 3 aromatic heterocycles. The van der Waals surface area contributed by atoms with E-state index >= 15 is 0 Å². The van der Waals surface area contributed by atoms with Crippen molar-refractivity contribution in [1.29, 1.82) is 0 Å². The van der Waals surface area contributed by atoms with Crippen molar-refractivity contribution in [2.75, 3.05) is 16.8 Å². The number of carbonyl (C=O) groups excluding carboxylic acids is 2. The zero-order valence-corrected chi connectivity index (χ0v) is 24.4. The summed E-state index contributed by atoms with van der Waals surface area (Å²) in [5.74, 6) is -1.22. The molecule has 0 spiro atoms. The molecule has 1 aromatic carbocycles. The predicted octanol–water partition coefficient (Wildman–Crippen LogP) is 6.27. The molecule has 2 N–H and O–H groups in total. The van der Waals surface area contributed by atoms with E-state index in [2.05, 4.69) is 20.4 Å². The summed E-state index contributed by atoms with van der Waals surface area (Å²) in [6, 6.07) is 7.44. The number of amides is 2. The number of benzene rings is 1. The van der Waals surface area contributed by atoms with E-state index < -0.39 is 35.7 Å². The monoisotopic (exact) mass is 608 g/mol. The standard InChI is InChI=1S/C30H30F2N6O6/c1-16-11-19(7-8-20(16)28(40)41)38-14-21(24(36-38)25(31)32)34-26(39)22-15-43-27(35-22)18-9-10-33-23(12-18)37(13-17-5-6-17)29(42)44-30(2,3)4/h7-12,14-15,17,25H,5-6,13H2,1-4H3,(H,34,39)(H,40,41). The van der Waals surface area contributed by atoms with Crippen LogP contribution in [0.15, 0.2) is 53.4 Å². The van der Waals surface area contributed by atoms with Crippen LogP contribution in [0, 0.1) is 12.8 Å². The van der Waals surface area contributed by atoms with Crippen molar-refractivity contribution < 1.29 is 37.4 Å². The summed E-state index contributed by atoms with van der Waals surface area (Å²) in [7, 11) is 0. The minimum atomic E-state index is -3.02. The average Bonchev–Trinajstić information content (AvgIpc) is 3.45. The van der Waals surface area contributed by atoms with Crippen molar-refractivity contribution in [3.8, 4) is 17.1 Å². The quantitative estimate of drug-likeness (QED) is 0.224. The highest BCUT2D eigenvalue weighted by molar-refractivity contribution is 6.03. The number of aromatic carboxylic acids is 1. The van der Waals surface area contributed by atoms with E-state index in [4.69, 9.17) is 9.15 Å². The van der Waals surface area contributed by atoms with Gasteiger partial charge in [-0.3, -0.25) is 9.69 Å². The molecule has 2 amide bonds. The lowest BCUT2D eigenvalue weighted by Crippen LogP contribution is -2.38. The number of aryl methyl sites for hydroxylation is 1. The summed E-state index contributed by atoms with van der Waals surface area (Å²) in [5, 5.41) is 15.5. The molecule has 4 aromatic rings. The van der Waals surface area contributed by atoms with Crippen molar-refractivity contribution in [3.63, 3.8) is 0 Å². The number of rotatable bonds is 9. The Bertz CT molecular complexity index is 1720. The highest BCUT2D eigenvalue weighted by Gasteiger charge is 2.31. The SMILES string of the molecule is Cc1cc(-n2cc(NC(=O)c3coc(-c4ccnc(N(CC5CC5)C(=O)OC(C)(C)C)c4)n3)c(C(F)F)n2)ccc1C(=O)O. The third-order valence-corrected chi connectivity index (χ3v) is 6.66. The number of alkyl halides is 2. The number of nitrogens with one attached hydrogen (secondary N) is 1. The van der Waals surface area contributed by atoms with Crippen molar-refractivity contribution >= 4 is 29.5 Å². The van der Waals surface area contributed by atoms with Gasteiger partial charge in [0.05, 0.1) is 23.1 Å². The van der Waals surface area contributed by atoms with Gasteiger partial charge in [0, 0.05) is 18.3 Å². The molecule has 0 atom stereocenters. The Kier molecular flexibility index (Phi) is 8.17. The molecular formula is C30H30F2N6O6. The molecule has 0 unspecified atom stereocenters. The number of carboxylic acid groups (broad SMARTS) is 1. The molecule has 5 rings (SSSR count). The number of nitrogens with zero attached hydrogens (tertiary/aromatic N) is 5. The number of aromatic nitrogens is 4. The average molecular weight is 609 g/mol. The number of hydrogen-bond acceptors (Lipinski definition) is 8. The molecule has 0 bridgehead atoms. The summed E-state index contributed by atoms with van der Waals surface area (Å²) in [4.78, 5) is 47.3. The van der Waals surface area contributed by atoms with Gasteiger partial charge in [-0.25, -0.2) is 33.0 Å². The van der Waals surface area contributed by atoms with E-state index in [9.17, 15) is 28.3 Å². The first-order valence-corrected chi connectivity index (χ1v) is 13.7. The van der Waals surface area contributed by atoms with Crippen molar-refractivity contribution in [1.82, 2.24) is 19.7 Å². The maximum Gasteiger partial charge on any atom is 0.416 e. The lowest BCUT2D eigenvalue weighted by molar-refractivity contribution is 0.0576. The molecule has 12 nitrogen and oxygen atoms in total. The van der Waals surface area contributed by atoms with E-state index in [0.717, 1.165) is 23.8 Å². The Balaban J connectivity index is 1.36. The first-order valence-electron chi connectivity index (χ1n) is 13.7. The van der Waals surface area contributed by atoms with Crippen LogP contribution in [0.25, 0.3) is 17.1 Å². The van der Waals surface area contributed by atoms with Gasteiger partial charge in [-0.05, 0) is 82.3 Å². The van der Waals surface area contributed by atoms with Crippen LogP contribution in [-0.2, 0) is 4.74 Å². The summed E-state index contributed by atoms with van der Waals surface area (Å²) in [6.45, 7) is 7.34. The fourth-order valence-electron chi connectivity index (χ4n) is 4.34. The van der Waals surface area contributed by atoms with Gasteiger partial charge in [-0.1, -0.05) is 0 Å². The number of carbonyl (C=O) groups is 3. The Labute approximate surface area is 250 Å². The van der Waals surface area contributed by atoms with Crippen LogP contribution in [0.3, 0.4) is 0 Å². The molecule has 230 valence electrons. The van der Waals surface area contributed by atoms with Gasteiger partial charge in [0.15, 0.2) is 11.4 Å². The number of anilines is 2. The summed E-state index contributed by atoms with van der Waals surface area (Å²) < 4.78 is 39.9. The van der Waals surface area contributed by atoms with Crippen molar-refractivity contribution in [2.45, 2.75) is 52.6 Å². The first-order chi connectivity index (χ1) is 20.8. The van der Waals surface area contributed by atoms with Crippen LogP contribution in [0.5, 0.6) is 0 Å². The molecule has 1 aliphatic rings. The molecular weight excluding hydrogens is 578 g/mol. The van der Waals surface area contributed by atoms with Gasteiger partial charge in [0.25, 0.3) is 12.3 Å². The van der Waals surface area contributed by atoms with Crippen LogP contribution in [0.1, 0.15) is 72.1 Å². The molecule has 3 heterocycles. The third kappa shape index (κ3) is 6.90. The normalized spacial score (nSPS) is 13.2. The van der Waals surface area contributed by atoms with Crippen molar-refractivity contribution in [3.05, 3.63) is 71.5 Å². The third-order valence-electron chi connectivity index (χ3n) is 6.66. The maximum atomic E-state index is 13.8. The highest BCUT2D eigenvalue weighted by Crippen LogP contribution is 2.33. The lowest BCUT2D eigenvalue weighted by Gasteiger charge is -2.27. The number of ether oxygens (including phenoxy) is 1. The van der Waals surface area contributed by atoms with Crippen LogP contribution in [0.4, 0.5) is 25.1 Å².